The molecule has 0 amide bonds. The zero-order valence-corrected chi connectivity index (χ0v) is 9.21. The highest BCUT2D eigenvalue weighted by molar-refractivity contribution is 5.00. The van der Waals surface area contributed by atoms with Crippen LogP contribution in [0.25, 0.3) is 0 Å². The topological polar surface area (TPSA) is 18.5 Å². The van der Waals surface area contributed by atoms with E-state index in [1.807, 2.05) is 0 Å². The maximum atomic E-state index is 6.12. The molecule has 3 fully saturated rings. The van der Waals surface area contributed by atoms with Gasteiger partial charge in [0.15, 0.2) is 0 Å². The Balaban J connectivity index is 1.71. The fraction of sp³-hybridized carbons (Fsp3) is 1.00. The van der Waals surface area contributed by atoms with Crippen molar-refractivity contribution in [1.82, 2.24) is 0 Å². The molecule has 1 spiro atoms. The summed E-state index contributed by atoms with van der Waals surface area (Å²) in [6, 6.07) is 0. The molecular weight excluding hydrogens is 176 g/mol. The molecule has 0 radical (unpaired) electrons. The van der Waals surface area contributed by atoms with Gasteiger partial charge in [0.05, 0.1) is 24.4 Å². The van der Waals surface area contributed by atoms with Crippen molar-refractivity contribution in [2.24, 2.45) is 11.8 Å². The van der Waals surface area contributed by atoms with Crippen LogP contribution in [0.3, 0.4) is 0 Å². The lowest BCUT2D eigenvalue weighted by molar-refractivity contribution is -0.0546. The Bertz CT molecular complexity index is 235. The van der Waals surface area contributed by atoms with Crippen molar-refractivity contribution in [1.29, 1.82) is 0 Å². The lowest BCUT2D eigenvalue weighted by atomic mass is 9.89. The predicted molar refractivity (Wildman–Crippen MR) is 54.2 cm³/mol. The minimum atomic E-state index is 0.0362. The molecular formula is C12H20O2. The van der Waals surface area contributed by atoms with Crippen molar-refractivity contribution >= 4 is 0 Å². The van der Waals surface area contributed by atoms with Gasteiger partial charge in [0.2, 0.25) is 0 Å². The predicted octanol–water partition coefficient (Wildman–Crippen LogP) is 2.37. The second-order valence-corrected chi connectivity index (χ2v) is 6.01. The van der Waals surface area contributed by atoms with Gasteiger partial charge in [0.1, 0.15) is 0 Å². The first-order valence-corrected chi connectivity index (χ1v) is 5.87. The normalized spacial score (nSPS) is 50.1. The second-order valence-electron chi connectivity index (χ2n) is 6.01. The standard InChI is InChI=1S/C12H20O2/c1-11(2)7-12(8-14-11)4-3-9-5-10(9)6-13-12/h9-10H,3-8H2,1-2H3/t9-,10-,12-/m1/s1. The van der Waals surface area contributed by atoms with E-state index in [-0.39, 0.29) is 11.2 Å². The molecule has 1 saturated carbocycles. The molecule has 0 aromatic carbocycles. The van der Waals surface area contributed by atoms with Gasteiger partial charge in [-0.3, -0.25) is 0 Å². The Morgan fingerprint density at radius 1 is 1.14 bits per heavy atom. The van der Waals surface area contributed by atoms with Crippen LogP contribution in [0.4, 0.5) is 0 Å². The van der Waals surface area contributed by atoms with Crippen LogP contribution >= 0.6 is 0 Å². The average Bonchev–Trinajstić information content (AvgIpc) is 2.80. The van der Waals surface area contributed by atoms with Gasteiger partial charge < -0.3 is 9.47 Å². The molecule has 0 aromatic heterocycles. The number of hydrogen-bond acceptors (Lipinski definition) is 2. The van der Waals surface area contributed by atoms with Crippen molar-refractivity contribution in [3.8, 4) is 0 Å². The molecule has 2 saturated heterocycles. The first-order valence-electron chi connectivity index (χ1n) is 5.87. The van der Waals surface area contributed by atoms with Crippen molar-refractivity contribution in [3.63, 3.8) is 0 Å². The first-order chi connectivity index (χ1) is 6.59. The van der Waals surface area contributed by atoms with Gasteiger partial charge in [-0.05, 0) is 44.9 Å². The van der Waals surface area contributed by atoms with Gasteiger partial charge in [0, 0.05) is 6.42 Å². The first kappa shape index (κ1) is 9.17. The Labute approximate surface area is 86.0 Å². The lowest BCUT2D eigenvalue weighted by Gasteiger charge is -2.27. The summed E-state index contributed by atoms with van der Waals surface area (Å²) in [6.07, 6.45) is 5.08. The summed E-state index contributed by atoms with van der Waals surface area (Å²) in [5, 5.41) is 0. The van der Waals surface area contributed by atoms with Gasteiger partial charge in [-0.1, -0.05) is 0 Å². The van der Waals surface area contributed by atoms with Crippen LogP contribution < -0.4 is 0 Å². The van der Waals surface area contributed by atoms with Crippen LogP contribution in [0, 0.1) is 11.8 Å². The Morgan fingerprint density at radius 2 is 2.00 bits per heavy atom. The van der Waals surface area contributed by atoms with E-state index >= 15 is 0 Å². The molecule has 0 bridgehead atoms. The highest BCUT2D eigenvalue weighted by Gasteiger charge is 2.50. The van der Waals surface area contributed by atoms with Crippen LogP contribution in [0.5, 0.6) is 0 Å². The third-order valence-electron chi connectivity index (χ3n) is 4.12. The minimum Gasteiger partial charge on any atom is -0.372 e. The lowest BCUT2D eigenvalue weighted by Crippen LogP contribution is -2.34. The molecule has 3 rings (SSSR count). The van der Waals surface area contributed by atoms with Crippen molar-refractivity contribution < 1.29 is 9.47 Å². The van der Waals surface area contributed by atoms with E-state index in [4.69, 9.17) is 9.47 Å². The van der Waals surface area contributed by atoms with E-state index < -0.39 is 0 Å². The summed E-state index contributed by atoms with van der Waals surface area (Å²) >= 11 is 0. The summed E-state index contributed by atoms with van der Waals surface area (Å²) < 4.78 is 11.9. The maximum absolute atomic E-state index is 6.12. The maximum Gasteiger partial charge on any atom is 0.0942 e. The van der Waals surface area contributed by atoms with Crippen molar-refractivity contribution in [2.45, 2.75) is 50.7 Å². The molecule has 1 aliphatic carbocycles. The van der Waals surface area contributed by atoms with Crippen LogP contribution in [0.2, 0.25) is 0 Å². The van der Waals surface area contributed by atoms with E-state index in [9.17, 15) is 0 Å². The van der Waals surface area contributed by atoms with Crippen LogP contribution in [-0.4, -0.2) is 24.4 Å². The summed E-state index contributed by atoms with van der Waals surface area (Å²) in [6.45, 7) is 6.16. The minimum absolute atomic E-state index is 0.0362. The molecule has 14 heavy (non-hydrogen) atoms. The number of ether oxygens (including phenoxy) is 2. The van der Waals surface area contributed by atoms with E-state index in [1.54, 1.807) is 0 Å². The van der Waals surface area contributed by atoms with Crippen LogP contribution in [-0.2, 0) is 9.47 Å². The van der Waals surface area contributed by atoms with Gasteiger partial charge in [-0.15, -0.1) is 0 Å². The van der Waals surface area contributed by atoms with E-state index in [1.165, 1.54) is 19.3 Å². The van der Waals surface area contributed by atoms with E-state index in [0.29, 0.717) is 0 Å². The van der Waals surface area contributed by atoms with Crippen molar-refractivity contribution in [3.05, 3.63) is 0 Å². The monoisotopic (exact) mass is 196 g/mol. The zero-order valence-electron chi connectivity index (χ0n) is 9.21. The third-order valence-corrected chi connectivity index (χ3v) is 4.12. The second kappa shape index (κ2) is 2.73. The summed E-state index contributed by atoms with van der Waals surface area (Å²) in [4.78, 5) is 0. The molecule has 80 valence electrons. The quantitative estimate of drug-likeness (QED) is 0.592. The zero-order chi connectivity index (χ0) is 9.81. The average molecular weight is 196 g/mol. The molecule has 2 heteroatoms. The Morgan fingerprint density at radius 3 is 2.71 bits per heavy atom. The highest BCUT2D eigenvalue weighted by Crippen LogP contribution is 2.50. The Kier molecular flexibility index (Phi) is 1.79. The SMILES string of the molecule is CC1(C)C[C@]2(CC[C@@H]3C[C@@H]3CO2)CO1. The molecule has 0 N–H and O–H groups in total. The fourth-order valence-electron chi connectivity index (χ4n) is 3.13. The smallest absolute Gasteiger partial charge is 0.0942 e. The van der Waals surface area contributed by atoms with Gasteiger partial charge >= 0.3 is 0 Å². The molecule has 2 nitrogen and oxygen atoms in total. The molecule has 3 aliphatic rings. The molecule has 3 atom stereocenters. The number of fused-ring (bicyclic) bond motifs is 1. The highest BCUT2D eigenvalue weighted by atomic mass is 16.6. The van der Waals surface area contributed by atoms with Gasteiger partial charge in [-0.2, -0.15) is 0 Å². The third kappa shape index (κ3) is 1.49. The molecule has 0 aromatic rings. The summed E-state index contributed by atoms with van der Waals surface area (Å²) in [5.41, 5.74) is 0.117. The van der Waals surface area contributed by atoms with Crippen molar-refractivity contribution in [2.75, 3.05) is 13.2 Å². The Hall–Kier alpha value is -0.0800. The fourth-order valence-corrected chi connectivity index (χ4v) is 3.13. The van der Waals surface area contributed by atoms with E-state index in [0.717, 1.165) is 31.5 Å². The largest absolute Gasteiger partial charge is 0.372 e. The van der Waals surface area contributed by atoms with E-state index in [2.05, 4.69) is 13.8 Å². The molecule has 2 aliphatic heterocycles. The van der Waals surface area contributed by atoms with Gasteiger partial charge in [0.25, 0.3) is 0 Å². The number of hydrogen-bond donors (Lipinski definition) is 0. The molecule has 0 unspecified atom stereocenters. The van der Waals surface area contributed by atoms with Gasteiger partial charge in [-0.25, -0.2) is 0 Å². The van der Waals surface area contributed by atoms with Crippen LogP contribution in [0.1, 0.15) is 39.5 Å². The molecule has 2 heterocycles. The number of rotatable bonds is 0. The summed E-state index contributed by atoms with van der Waals surface area (Å²) in [7, 11) is 0. The van der Waals surface area contributed by atoms with Crippen LogP contribution in [0.15, 0.2) is 0 Å². The summed E-state index contributed by atoms with van der Waals surface area (Å²) in [5.74, 6) is 1.87.